The maximum Gasteiger partial charge on any atom is 0.230 e. The second-order valence-corrected chi connectivity index (χ2v) is 10.8. The van der Waals surface area contributed by atoms with Crippen LogP contribution in [0.5, 0.6) is 0 Å². The minimum Gasteiger partial charge on any atom is -0.284 e. The van der Waals surface area contributed by atoms with Crippen molar-refractivity contribution in [3.8, 4) is 0 Å². The van der Waals surface area contributed by atoms with Crippen LogP contribution in [0.2, 0.25) is 0 Å². The Hall–Kier alpha value is -3.03. The summed E-state index contributed by atoms with van der Waals surface area (Å²) in [6.45, 7) is 4.40. The van der Waals surface area contributed by atoms with Gasteiger partial charge in [0.2, 0.25) is 5.91 Å². The Kier molecular flexibility index (Phi) is 6.39. The Morgan fingerprint density at radius 2 is 1.59 bits per heavy atom. The first-order chi connectivity index (χ1) is 15.3. The lowest BCUT2D eigenvalue weighted by Crippen LogP contribution is -2.31. The van der Waals surface area contributed by atoms with Crippen molar-refractivity contribution in [2.24, 2.45) is 0 Å². The Bertz CT molecular complexity index is 1350. The molecule has 1 amide bonds. The predicted octanol–water partition coefficient (Wildman–Crippen LogP) is 5.31. The molecule has 0 atom stereocenters. The minimum absolute atomic E-state index is 0.113. The summed E-state index contributed by atoms with van der Waals surface area (Å²) < 4.78 is 26.4. The summed E-state index contributed by atoms with van der Waals surface area (Å²) in [5.41, 5.74) is 4.07. The Balaban J connectivity index is 1.64. The van der Waals surface area contributed by atoms with Crippen LogP contribution in [0.3, 0.4) is 0 Å². The van der Waals surface area contributed by atoms with E-state index in [0.29, 0.717) is 11.7 Å². The second-order valence-electron chi connectivity index (χ2n) is 7.70. The highest BCUT2D eigenvalue weighted by atomic mass is 32.2. The maximum atomic E-state index is 13.3. The van der Waals surface area contributed by atoms with Crippen molar-refractivity contribution in [1.82, 2.24) is 4.98 Å². The lowest BCUT2D eigenvalue weighted by molar-refractivity contribution is -0.118. The molecule has 1 heterocycles. The number of carbonyl (C=O) groups excluding carboxylic acids is 1. The number of sulfone groups is 1. The fraction of sp³-hybridized carbons (Fsp3) is 0.200. The fourth-order valence-corrected chi connectivity index (χ4v) is 5.75. The number of thiazole rings is 1. The molecule has 0 fully saturated rings. The lowest BCUT2D eigenvalue weighted by atomic mass is 10.1. The molecule has 32 heavy (non-hydrogen) atoms. The highest BCUT2D eigenvalue weighted by molar-refractivity contribution is 7.91. The molecule has 5 nitrogen and oxygen atoms in total. The summed E-state index contributed by atoms with van der Waals surface area (Å²) in [4.78, 5) is 19.9. The molecule has 0 spiro atoms. The fourth-order valence-electron chi connectivity index (χ4n) is 3.46. The van der Waals surface area contributed by atoms with Crippen LogP contribution in [-0.2, 0) is 21.2 Å². The van der Waals surface area contributed by atoms with Crippen LogP contribution in [0.1, 0.15) is 23.1 Å². The number of nitrogens with zero attached hydrogens (tertiary/aromatic N) is 2. The first kappa shape index (κ1) is 22.2. The first-order valence-corrected chi connectivity index (χ1v) is 12.8. The first-order valence-electron chi connectivity index (χ1n) is 10.3. The topological polar surface area (TPSA) is 67.3 Å². The second kappa shape index (κ2) is 9.22. The van der Waals surface area contributed by atoms with E-state index in [-0.39, 0.29) is 23.0 Å². The molecule has 0 saturated heterocycles. The third kappa shape index (κ3) is 4.74. The molecule has 3 aromatic carbocycles. The van der Waals surface area contributed by atoms with E-state index in [9.17, 15) is 13.2 Å². The predicted molar refractivity (Wildman–Crippen MR) is 130 cm³/mol. The van der Waals surface area contributed by atoms with Crippen molar-refractivity contribution in [2.45, 2.75) is 31.7 Å². The Labute approximate surface area is 192 Å². The van der Waals surface area contributed by atoms with Crippen molar-refractivity contribution < 1.29 is 13.2 Å². The van der Waals surface area contributed by atoms with E-state index in [0.717, 1.165) is 26.9 Å². The number of hydrogen-bond acceptors (Lipinski definition) is 5. The molecule has 164 valence electrons. The van der Waals surface area contributed by atoms with Gasteiger partial charge in [-0.3, -0.25) is 9.69 Å². The van der Waals surface area contributed by atoms with Crippen LogP contribution in [0.15, 0.2) is 77.7 Å². The van der Waals surface area contributed by atoms with Crippen molar-refractivity contribution >= 4 is 42.4 Å². The molecule has 0 N–H and O–H groups in total. The molecule has 7 heteroatoms. The highest BCUT2D eigenvalue weighted by Crippen LogP contribution is 2.33. The molecule has 0 aliphatic carbocycles. The summed E-state index contributed by atoms with van der Waals surface area (Å²) in [6, 6.07) is 22.0. The number of rotatable bonds is 7. The molecule has 4 aromatic rings. The molecule has 4 rings (SSSR count). The van der Waals surface area contributed by atoms with Crippen molar-refractivity contribution in [3.63, 3.8) is 0 Å². The van der Waals surface area contributed by atoms with Gasteiger partial charge in [-0.15, -0.1) is 0 Å². The summed E-state index contributed by atoms with van der Waals surface area (Å²) in [5, 5.41) is 0.583. The van der Waals surface area contributed by atoms with Gasteiger partial charge in [0.1, 0.15) is 0 Å². The van der Waals surface area contributed by atoms with Gasteiger partial charge in [0, 0.05) is 6.42 Å². The Morgan fingerprint density at radius 3 is 2.28 bits per heavy atom. The van der Waals surface area contributed by atoms with Crippen molar-refractivity contribution in [3.05, 3.63) is 89.5 Å². The number of aryl methyl sites for hydroxylation is 2. The molecular weight excluding hydrogens is 440 g/mol. The zero-order valence-electron chi connectivity index (χ0n) is 18.0. The number of benzene rings is 3. The smallest absolute Gasteiger partial charge is 0.230 e. The van der Waals surface area contributed by atoms with Crippen LogP contribution >= 0.6 is 11.3 Å². The third-order valence-electron chi connectivity index (χ3n) is 5.48. The number of aromatic nitrogens is 1. The molecule has 0 aliphatic rings. The van der Waals surface area contributed by atoms with Gasteiger partial charge >= 0.3 is 0 Å². The summed E-state index contributed by atoms with van der Waals surface area (Å²) in [7, 11) is -3.55. The molecule has 0 radical (unpaired) electrons. The number of fused-ring (bicyclic) bond motifs is 1. The number of carbonyl (C=O) groups is 1. The average molecular weight is 465 g/mol. The minimum atomic E-state index is -3.55. The summed E-state index contributed by atoms with van der Waals surface area (Å²) in [5.74, 6) is -0.508. The normalized spacial score (nSPS) is 11.6. The van der Waals surface area contributed by atoms with Gasteiger partial charge in [-0.25, -0.2) is 13.4 Å². The zero-order chi connectivity index (χ0) is 22.7. The van der Waals surface area contributed by atoms with E-state index >= 15 is 0 Å². The third-order valence-corrected chi connectivity index (χ3v) is 8.25. The number of anilines is 1. The lowest BCUT2D eigenvalue weighted by Gasteiger charge is -2.20. The number of hydrogen-bond donors (Lipinski definition) is 0. The van der Waals surface area contributed by atoms with Gasteiger partial charge in [-0.2, -0.15) is 0 Å². The van der Waals surface area contributed by atoms with Crippen LogP contribution in [0, 0.1) is 13.8 Å². The van der Waals surface area contributed by atoms with E-state index in [1.54, 1.807) is 35.2 Å². The molecule has 0 bridgehead atoms. The van der Waals surface area contributed by atoms with E-state index < -0.39 is 9.84 Å². The summed E-state index contributed by atoms with van der Waals surface area (Å²) in [6.07, 6.45) is -0.113. The van der Waals surface area contributed by atoms with Gasteiger partial charge in [-0.1, -0.05) is 65.9 Å². The molecule has 0 saturated carbocycles. The van der Waals surface area contributed by atoms with E-state index in [1.807, 2.05) is 50.2 Å². The molecular formula is C25H24N2O3S2. The van der Waals surface area contributed by atoms with Gasteiger partial charge < -0.3 is 0 Å². The van der Waals surface area contributed by atoms with Crippen LogP contribution < -0.4 is 4.90 Å². The molecule has 0 aliphatic heterocycles. The van der Waals surface area contributed by atoms with E-state index in [1.165, 1.54) is 11.3 Å². The van der Waals surface area contributed by atoms with Gasteiger partial charge in [0.05, 0.1) is 27.4 Å². The largest absolute Gasteiger partial charge is 0.284 e. The summed E-state index contributed by atoms with van der Waals surface area (Å²) >= 11 is 1.45. The average Bonchev–Trinajstić information content (AvgIpc) is 3.24. The van der Waals surface area contributed by atoms with Crippen molar-refractivity contribution in [2.75, 3.05) is 10.7 Å². The van der Waals surface area contributed by atoms with Crippen molar-refractivity contribution in [1.29, 1.82) is 0 Å². The monoisotopic (exact) mass is 464 g/mol. The van der Waals surface area contributed by atoms with Gasteiger partial charge in [-0.05, 0) is 48.7 Å². The van der Waals surface area contributed by atoms with E-state index in [4.69, 9.17) is 4.98 Å². The van der Waals surface area contributed by atoms with Crippen LogP contribution in [0.25, 0.3) is 10.2 Å². The standard InChI is InChI=1S/C25H24N2O3S2/c1-18-13-14-22-24(19(18)2)26-25(31-22)27(17-20-9-5-3-6-10-20)23(28)15-16-32(29,30)21-11-7-4-8-12-21/h3-14H,15-17H2,1-2H3. The number of amides is 1. The molecule has 0 unspecified atom stereocenters. The SMILES string of the molecule is Cc1ccc2sc(N(Cc3ccccc3)C(=O)CCS(=O)(=O)c3ccccc3)nc2c1C. The van der Waals surface area contributed by atoms with E-state index in [2.05, 4.69) is 6.07 Å². The zero-order valence-corrected chi connectivity index (χ0v) is 19.6. The van der Waals surface area contributed by atoms with Crippen LogP contribution in [-0.4, -0.2) is 25.1 Å². The Morgan fingerprint density at radius 1 is 0.938 bits per heavy atom. The molecule has 1 aromatic heterocycles. The highest BCUT2D eigenvalue weighted by Gasteiger charge is 2.24. The van der Waals surface area contributed by atoms with Gasteiger partial charge in [0.15, 0.2) is 15.0 Å². The quantitative estimate of drug-likeness (QED) is 0.372. The maximum absolute atomic E-state index is 13.3. The van der Waals surface area contributed by atoms with Crippen LogP contribution in [0.4, 0.5) is 5.13 Å². The van der Waals surface area contributed by atoms with Gasteiger partial charge in [0.25, 0.3) is 0 Å².